The van der Waals surface area contributed by atoms with Gasteiger partial charge in [-0.05, 0) is 41.2 Å². The summed E-state index contributed by atoms with van der Waals surface area (Å²) in [5, 5.41) is 0.586. The minimum absolute atomic E-state index is 0.252. The molecule has 0 amide bonds. The van der Waals surface area contributed by atoms with E-state index in [2.05, 4.69) is 20.9 Å². The third-order valence-electron chi connectivity index (χ3n) is 2.61. The van der Waals surface area contributed by atoms with Gasteiger partial charge in [0.05, 0.1) is 6.61 Å². The maximum atomic E-state index is 14.0. The van der Waals surface area contributed by atoms with Crippen molar-refractivity contribution < 1.29 is 18.7 Å². The first-order valence-corrected chi connectivity index (χ1v) is 8.24. The predicted molar refractivity (Wildman–Crippen MR) is 84.0 cm³/mol. The molecule has 7 heteroatoms. The van der Waals surface area contributed by atoms with E-state index in [1.807, 2.05) is 0 Å². The Labute approximate surface area is 134 Å². The quantitative estimate of drug-likeness (QED) is 0.589. The van der Waals surface area contributed by atoms with Gasteiger partial charge in [0.25, 0.3) is 0 Å². The summed E-state index contributed by atoms with van der Waals surface area (Å²) in [6.45, 7) is 1.98. The average Bonchev–Trinajstić information content (AvgIpc) is 2.44. The van der Waals surface area contributed by atoms with Crippen LogP contribution in [0.4, 0.5) is 4.39 Å². The van der Waals surface area contributed by atoms with Crippen LogP contribution >= 0.6 is 27.7 Å². The van der Waals surface area contributed by atoms with Crippen molar-refractivity contribution in [2.45, 2.75) is 12.4 Å². The van der Waals surface area contributed by atoms with E-state index in [0.717, 1.165) is 4.47 Å². The van der Waals surface area contributed by atoms with Gasteiger partial charge in [0.2, 0.25) is 5.44 Å². The summed E-state index contributed by atoms with van der Waals surface area (Å²) in [5.74, 6) is -0.733. The molecule has 1 aromatic heterocycles. The number of fused-ring (bicyclic) bond motifs is 1. The van der Waals surface area contributed by atoms with Crippen molar-refractivity contribution in [3.05, 3.63) is 34.7 Å². The molecule has 0 N–H and O–H groups in total. The first-order valence-electron chi connectivity index (χ1n) is 6.16. The Bertz CT molecular complexity index is 668. The lowest BCUT2D eigenvalue weighted by molar-refractivity contribution is -0.147. The highest BCUT2D eigenvalue weighted by Crippen LogP contribution is 2.27. The van der Waals surface area contributed by atoms with Crippen LogP contribution in [0.15, 0.2) is 28.9 Å². The fraction of sp³-hybridized carbons (Fsp3) is 0.286. The average molecular weight is 374 g/mol. The number of hydrogen-bond acceptors (Lipinski definition) is 5. The minimum Gasteiger partial charge on any atom is -0.468 e. The topological polar surface area (TPSA) is 48.4 Å². The summed E-state index contributed by atoms with van der Waals surface area (Å²) in [5.41, 5.74) is -0.579. The van der Waals surface area contributed by atoms with Crippen LogP contribution in [0, 0.1) is 5.82 Å². The fourth-order valence-electron chi connectivity index (χ4n) is 1.75. The number of ether oxygens (including phenoxy) is 2. The zero-order valence-corrected chi connectivity index (χ0v) is 13.8. The van der Waals surface area contributed by atoms with Crippen molar-refractivity contribution in [2.75, 3.05) is 12.9 Å². The lowest BCUT2D eigenvalue weighted by Gasteiger charge is -2.16. The highest BCUT2D eigenvalue weighted by Gasteiger charge is 2.21. The Morgan fingerprint density at radius 1 is 1.48 bits per heavy atom. The van der Waals surface area contributed by atoms with Crippen LogP contribution in [-0.2, 0) is 9.53 Å². The van der Waals surface area contributed by atoms with Crippen LogP contribution in [-0.4, -0.2) is 29.3 Å². The van der Waals surface area contributed by atoms with Gasteiger partial charge in [0, 0.05) is 22.1 Å². The number of carbonyl (C=O) groups excluding carboxylic acids is 1. The molecule has 2 aromatic rings. The number of halogens is 2. The first-order chi connectivity index (χ1) is 10.0. The Morgan fingerprint density at radius 2 is 2.24 bits per heavy atom. The van der Waals surface area contributed by atoms with Crippen molar-refractivity contribution in [3.63, 3.8) is 0 Å². The van der Waals surface area contributed by atoms with Gasteiger partial charge in [-0.25, -0.2) is 9.18 Å². The zero-order valence-electron chi connectivity index (χ0n) is 11.4. The highest BCUT2D eigenvalue weighted by molar-refractivity contribution is 9.10. The number of carbonyl (C=O) groups is 1. The van der Waals surface area contributed by atoms with Crippen LogP contribution in [0.1, 0.15) is 6.92 Å². The van der Waals surface area contributed by atoms with Crippen LogP contribution < -0.4 is 4.74 Å². The molecule has 0 aliphatic rings. The SMILES string of the molecule is CCOC(=O)C(Oc1cc(F)c2ncc(Br)cc2c1)SC. The molecular formula is C14H13BrFNO3S. The van der Waals surface area contributed by atoms with Gasteiger partial charge < -0.3 is 9.47 Å². The van der Waals surface area contributed by atoms with Crippen LogP contribution in [0.3, 0.4) is 0 Å². The van der Waals surface area contributed by atoms with Crippen LogP contribution in [0.5, 0.6) is 5.75 Å². The third-order valence-corrected chi connectivity index (χ3v) is 3.76. The molecule has 0 aliphatic heterocycles. The van der Waals surface area contributed by atoms with Gasteiger partial charge in [0.15, 0.2) is 5.82 Å². The number of aromatic nitrogens is 1. The maximum absolute atomic E-state index is 14.0. The standard InChI is InChI=1S/C14H13BrFNO3S/c1-3-19-13(18)14(21-2)20-10-5-8-4-9(15)7-17-12(8)11(16)6-10/h4-7,14H,3H2,1-2H3. The number of hydrogen-bond donors (Lipinski definition) is 0. The van der Waals surface area contributed by atoms with Crippen molar-refractivity contribution in [1.82, 2.24) is 4.98 Å². The van der Waals surface area contributed by atoms with E-state index >= 15 is 0 Å². The molecule has 1 heterocycles. The normalized spacial score (nSPS) is 12.2. The maximum Gasteiger partial charge on any atom is 0.358 e. The molecule has 21 heavy (non-hydrogen) atoms. The molecule has 0 bridgehead atoms. The number of benzene rings is 1. The number of thioether (sulfide) groups is 1. The molecular weight excluding hydrogens is 361 g/mol. The van der Waals surface area contributed by atoms with Gasteiger partial charge in [-0.2, -0.15) is 0 Å². The van der Waals surface area contributed by atoms with E-state index < -0.39 is 17.2 Å². The van der Waals surface area contributed by atoms with Crippen molar-refractivity contribution in [3.8, 4) is 5.75 Å². The predicted octanol–water partition coefficient (Wildman–Crippen LogP) is 3.77. The molecule has 1 unspecified atom stereocenters. The molecule has 112 valence electrons. The second kappa shape index (κ2) is 7.09. The molecule has 0 saturated heterocycles. The lowest BCUT2D eigenvalue weighted by Crippen LogP contribution is -2.26. The molecule has 4 nitrogen and oxygen atoms in total. The van der Waals surface area contributed by atoms with Gasteiger partial charge in [-0.3, -0.25) is 4.98 Å². The zero-order chi connectivity index (χ0) is 15.4. The summed E-state index contributed by atoms with van der Waals surface area (Å²) < 4.78 is 25.2. The van der Waals surface area contributed by atoms with E-state index in [9.17, 15) is 9.18 Å². The van der Waals surface area contributed by atoms with Gasteiger partial charge >= 0.3 is 5.97 Å². The monoisotopic (exact) mass is 373 g/mol. The summed E-state index contributed by atoms with van der Waals surface area (Å²) >= 11 is 4.47. The summed E-state index contributed by atoms with van der Waals surface area (Å²) in [4.78, 5) is 15.7. The molecule has 1 aromatic carbocycles. The summed E-state index contributed by atoms with van der Waals surface area (Å²) in [6.07, 6.45) is 3.24. The summed E-state index contributed by atoms with van der Waals surface area (Å²) in [7, 11) is 0. The van der Waals surface area contributed by atoms with E-state index in [1.165, 1.54) is 24.0 Å². The van der Waals surface area contributed by atoms with Crippen molar-refractivity contribution in [1.29, 1.82) is 0 Å². The smallest absolute Gasteiger partial charge is 0.358 e. The van der Waals surface area contributed by atoms with E-state index in [-0.39, 0.29) is 17.9 Å². The Morgan fingerprint density at radius 3 is 2.90 bits per heavy atom. The highest BCUT2D eigenvalue weighted by atomic mass is 79.9. The fourth-order valence-corrected chi connectivity index (χ4v) is 2.56. The van der Waals surface area contributed by atoms with Gasteiger partial charge in [0.1, 0.15) is 11.3 Å². The lowest BCUT2D eigenvalue weighted by atomic mass is 10.2. The van der Waals surface area contributed by atoms with Crippen molar-refractivity contribution in [2.24, 2.45) is 0 Å². The Balaban J connectivity index is 2.31. The molecule has 0 spiro atoms. The van der Waals surface area contributed by atoms with E-state index in [1.54, 1.807) is 25.3 Å². The molecule has 1 atom stereocenters. The summed E-state index contributed by atoms with van der Waals surface area (Å²) in [6, 6.07) is 4.58. The molecule has 0 aliphatic carbocycles. The van der Waals surface area contributed by atoms with Crippen LogP contribution in [0.25, 0.3) is 10.9 Å². The number of esters is 1. The third kappa shape index (κ3) is 3.85. The second-order valence-corrected chi connectivity index (χ2v) is 5.88. The second-order valence-electron chi connectivity index (χ2n) is 4.07. The molecule has 0 fully saturated rings. The van der Waals surface area contributed by atoms with E-state index in [4.69, 9.17) is 9.47 Å². The van der Waals surface area contributed by atoms with Gasteiger partial charge in [-0.15, -0.1) is 11.8 Å². The largest absolute Gasteiger partial charge is 0.468 e. The van der Waals surface area contributed by atoms with Crippen LogP contribution in [0.2, 0.25) is 0 Å². The number of rotatable bonds is 5. The Kier molecular flexibility index (Phi) is 5.41. The molecule has 0 radical (unpaired) electrons. The number of nitrogens with zero attached hydrogens (tertiary/aromatic N) is 1. The van der Waals surface area contributed by atoms with E-state index in [0.29, 0.717) is 5.39 Å². The first kappa shape index (κ1) is 16.0. The van der Waals surface area contributed by atoms with Gasteiger partial charge in [-0.1, -0.05) is 0 Å². The molecule has 2 rings (SSSR count). The number of pyridine rings is 1. The molecule has 0 saturated carbocycles. The minimum atomic E-state index is -0.832. The Hall–Kier alpha value is -1.34. The van der Waals surface area contributed by atoms with Crippen molar-refractivity contribution >= 4 is 44.6 Å².